The maximum Gasteiger partial charge on any atom is 0.242 e. The first-order valence-corrected chi connectivity index (χ1v) is 8.52. The first-order valence-electron chi connectivity index (χ1n) is 6.28. The van der Waals surface area contributed by atoms with Crippen LogP contribution in [0.2, 0.25) is 10.0 Å². The summed E-state index contributed by atoms with van der Waals surface area (Å²) in [4.78, 5) is 0.0279. The Balaban J connectivity index is 3.17. The van der Waals surface area contributed by atoms with Crippen molar-refractivity contribution in [3.63, 3.8) is 0 Å². The number of hydrogen-bond acceptors (Lipinski definition) is 3. The van der Waals surface area contributed by atoms with E-state index >= 15 is 0 Å². The first kappa shape index (κ1) is 17.7. The molecule has 0 aliphatic carbocycles. The molecule has 0 aromatic heterocycles. The lowest BCUT2D eigenvalue weighted by molar-refractivity contribution is 0.481. The summed E-state index contributed by atoms with van der Waals surface area (Å²) in [6.07, 6.45) is 0. The second kappa shape index (κ2) is 6.62. The zero-order chi connectivity index (χ0) is 15.7. The van der Waals surface area contributed by atoms with E-state index in [1.807, 2.05) is 13.8 Å². The van der Waals surface area contributed by atoms with Crippen molar-refractivity contribution in [3.8, 4) is 0 Å². The minimum absolute atomic E-state index is 0.0279. The molecule has 0 bridgehead atoms. The van der Waals surface area contributed by atoms with Crippen LogP contribution in [-0.4, -0.2) is 21.0 Å². The quantitative estimate of drug-likeness (QED) is 0.866. The summed E-state index contributed by atoms with van der Waals surface area (Å²) >= 11 is 12.2. The Hall–Kier alpha value is -0.330. The van der Waals surface area contributed by atoms with Crippen LogP contribution in [0.4, 0.5) is 0 Å². The molecule has 0 aliphatic rings. The van der Waals surface area contributed by atoms with Gasteiger partial charge in [0.05, 0.1) is 5.02 Å². The highest BCUT2D eigenvalue weighted by atomic mass is 35.5. The van der Waals surface area contributed by atoms with E-state index in [9.17, 15) is 8.42 Å². The molecule has 3 N–H and O–H groups in total. The van der Waals surface area contributed by atoms with Gasteiger partial charge in [-0.3, -0.25) is 0 Å². The second-order valence-electron chi connectivity index (χ2n) is 5.20. The number of hydrogen-bond donors (Lipinski definition) is 2. The maximum absolute atomic E-state index is 12.4. The van der Waals surface area contributed by atoms with Crippen LogP contribution < -0.4 is 10.5 Å². The summed E-state index contributed by atoms with van der Waals surface area (Å²) in [7, 11) is -3.74. The molecular formula is C13H20Cl2N2O2S. The van der Waals surface area contributed by atoms with Gasteiger partial charge in [-0.05, 0) is 37.0 Å². The van der Waals surface area contributed by atoms with E-state index in [2.05, 4.69) is 4.72 Å². The molecule has 1 rings (SSSR count). The summed E-state index contributed by atoms with van der Waals surface area (Å²) in [5.41, 5.74) is 6.91. The van der Waals surface area contributed by atoms with Gasteiger partial charge in [-0.25, -0.2) is 13.1 Å². The van der Waals surface area contributed by atoms with Crippen molar-refractivity contribution in [1.29, 1.82) is 0 Å². The Morgan fingerprint density at radius 2 is 1.85 bits per heavy atom. The van der Waals surface area contributed by atoms with Gasteiger partial charge in [0, 0.05) is 17.6 Å². The van der Waals surface area contributed by atoms with E-state index < -0.39 is 10.0 Å². The van der Waals surface area contributed by atoms with E-state index in [0.717, 1.165) is 0 Å². The summed E-state index contributed by atoms with van der Waals surface area (Å²) < 4.78 is 27.3. The lowest BCUT2D eigenvalue weighted by atomic mass is 10.1. The smallest absolute Gasteiger partial charge is 0.242 e. The molecule has 0 radical (unpaired) electrons. The van der Waals surface area contributed by atoms with Crippen molar-refractivity contribution >= 4 is 33.2 Å². The minimum Gasteiger partial charge on any atom is -0.326 e. The lowest BCUT2D eigenvalue weighted by Crippen LogP contribution is -2.40. The Kier molecular flexibility index (Phi) is 5.87. The number of aryl methyl sites for hydroxylation is 1. The van der Waals surface area contributed by atoms with Gasteiger partial charge >= 0.3 is 0 Å². The van der Waals surface area contributed by atoms with E-state index in [-0.39, 0.29) is 28.4 Å². The number of halogens is 2. The Labute approximate surface area is 130 Å². The number of sulfonamides is 1. The van der Waals surface area contributed by atoms with E-state index in [1.165, 1.54) is 0 Å². The van der Waals surface area contributed by atoms with Crippen LogP contribution in [0.1, 0.15) is 25.0 Å². The van der Waals surface area contributed by atoms with Crippen molar-refractivity contribution in [1.82, 2.24) is 4.72 Å². The first-order chi connectivity index (χ1) is 9.08. The molecule has 1 aromatic rings. The van der Waals surface area contributed by atoms with E-state index in [0.29, 0.717) is 16.1 Å². The minimum atomic E-state index is -3.74. The average Bonchev–Trinajstić information content (AvgIpc) is 2.33. The molecule has 114 valence electrons. The topological polar surface area (TPSA) is 72.2 Å². The van der Waals surface area contributed by atoms with Crippen molar-refractivity contribution in [2.45, 2.75) is 38.6 Å². The molecular weight excluding hydrogens is 319 g/mol. The van der Waals surface area contributed by atoms with Crippen molar-refractivity contribution < 1.29 is 8.42 Å². The van der Waals surface area contributed by atoms with Crippen molar-refractivity contribution in [3.05, 3.63) is 27.2 Å². The molecule has 0 amide bonds. The van der Waals surface area contributed by atoms with Crippen LogP contribution in [0.5, 0.6) is 0 Å². The van der Waals surface area contributed by atoms with Crippen molar-refractivity contribution in [2.75, 3.05) is 6.54 Å². The molecule has 20 heavy (non-hydrogen) atoms. The zero-order valence-electron chi connectivity index (χ0n) is 12.0. The number of rotatable bonds is 5. The molecule has 1 atom stereocenters. The highest BCUT2D eigenvalue weighted by molar-refractivity contribution is 7.89. The summed E-state index contributed by atoms with van der Waals surface area (Å²) in [5.74, 6) is 0.176. The molecule has 1 aromatic carbocycles. The van der Waals surface area contributed by atoms with Gasteiger partial charge in [-0.2, -0.15) is 0 Å². The molecule has 7 heteroatoms. The standard InChI is InChI=1S/C13H20Cl2N2O2S/c1-7(2)11(16)6-17-20(18,19)13-9(4)10(14)5-8(3)12(13)15/h5,7,11,17H,6,16H2,1-4H3. The maximum atomic E-state index is 12.4. The molecule has 1 unspecified atom stereocenters. The van der Waals surface area contributed by atoms with Gasteiger partial charge in [-0.15, -0.1) is 0 Å². The normalized spacial score (nSPS) is 13.8. The number of benzene rings is 1. The molecule has 0 saturated heterocycles. The number of nitrogens with one attached hydrogen (secondary N) is 1. The Bertz CT molecular complexity index is 575. The van der Waals surface area contributed by atoms with Crippen LogP contribution in [0.25, 0.3) is 0 Å². The van der Waals surface area contributed by atoms with Crippen LogP contribution >= 0.6 is 23.2 Å². The van der Waals surface area contributed by atoms with Gasteiger partial charge in [0.2, 0.25) is 10.0 Å². The third kappa shape index (κ3) is 3.86. The zero-order valence-corrected chi connectivity index (χ0v) is 14.3. The Morgan fingerprint density at radius 3 is 2.35 bits per heavy atom. The third-order valence-corrected chi connectivity index (χ3v) is 5.81. The highest BCUT2D eigenvalue weighted by Crippen LogP contribution is 2.33. The molecule has 0 heterocycles. The molecule has 0 aliphatic heterocycles. The van der Waals surface area contributed by atoms with Crippen LogP contribution in [0, 0.1) is 19.8 Å². The lowest BCUT2D eigenvalue weighted by Gasteiger charge is -2.18. The molecule has 0 spiro atoms. The highest BCUT2D eigenvalue weighted by Gasteiger charge is 2.24. The predicted molar refractivity (Wildman–Crippen MR) is 83.9 cm³/mol. The number of nitrogens with two attached hydrogens (primary N) is 1. The summed E-state index contributed by atoms with van der Waals surface area (Å²) in [6, 6.07) is 1.39. The van der Waals surface area contributed by atoms with Gasteiger partial charge in [0.15, 0.2) is 0 Å². The van der Waals surface area contributed by atoms with Crippen LogP contribution in [0.3, 0.4) is 0 Å². The van der Waals surface area contributed by atoms with Gasteiger partial charge in [0.1, 0.15) is 4.90 Å². The van der Waals surface area contributed by atoms with Crippen LogP contribution in [0.15, 0.2) is 11.0 Å². The third-order valence-electron chi connectivity index (χ3n) is 3.22. The summed E-state index contributed by atoms with van der Waals surface area (Å²) in [6.45, 7) is 7.36. The van der Waals surface area contributed by atoms with Gasteiger partial charge in [-0.1, -0.05) is 37.0 Å². The predicted octanol–water partition coefficient (Wildman–Crippen LogP) is 2.87. The van der Waals surface area contributed by atoms with Crippen molar-refractivity contribution in [2.24, 2.45) is 11.7 Å². The monoisotopic (exact) mass is 338 g/mol. The SMILES string of the molecule is Cc1cc(Cl)c(C)c(S(=O)(=O)NCC(N)C(C)C)c1Cl. The fraction of sp³-hybridized carbons (Fsp3) is 0.538. The molecule has 4 nitrogen and oxygen atoms in total. The van der Waals surface area contributed by atoms with Gasteiger partial charge < -0.3 is 5.73 Å². The summed E-state index contributed by atoms with van der Waals surface area (Å²) in [5, 5.41) is 0.568. The largest absolute Gasteiger partial charge is 0.326 e. The second-order valence-corrected chi connectivity index (χ2v) is 7.69. The average molecular weight is 339 g/mol. The molecule has 0 saturated carbocycles. The Morgan fingerprint density at radius 1 is 1.30 bits per heavy atom. The fourth-order valence-corrected chi connectivity index (χ4v) is 3.93. The molecule has 0 fully saturated rings. The van der Waals surface area contributed by atoms with Gasteiger partial charge in [0.25, 0.3) is 0 Å². The van der Waals surface area contributed by atoms with E-state index in [4.69, 9.17) is 28.9 Å². The van der Waals surface area contributed by atoms with E-state index in [1.54, 1.807) is 19.9 Å². The van der Waals surface area contributed by atoms with Crippen LogP contribution in [-0.2, 0) is 10.0 Å². The fourth-order valence-electron chi connectivity index (χ4n) is 1.65.